The molecule has 2 heterocycles. The smallest absolute Gasteiger partial charge is 0.335 e. The standard InChI is InChI=1S/C18H20N4O4/c19-5-1-2-6-25-7-8-26-17-16-14(10-20-11-21-16)13-4-3-12(18(23)24)9-15(13)22-17/h3-4,9-11H,1-2,5-8,19H2,(H,23,24). The maximum absolute atomic E-state index is 11.2. The number of rotatable bonds is 9. The fourth-order valence-electron chi connectivity index (χ4n) is 2.59. The van der Waals surface area contributed by atoms with Gasteiger partial charge in [0.25, 0.3) is 0 Å². The maximum Gasteiger partial charge on any atom is 0.335 e. The molecule has 0 saturated carbocycles. The number of aromatic carboxylic acids is 1. The number of benzene rings is 1. The zero-order valence-electron chi connectivity index (χ0n) is 14.2. The van der Waals surface area contributed by atoms with Crippen LogP contribution in [0, 0.1) is 0 Å². The van der Waals surface area contributed by atoms with Crippen molar-refractivity contribution in [2.45, 2.75) is 12.8 Å². The van der Waals surface area contributed by atoms with Crippen LogP contribution in [0.25, 0.3) is 21.8 Å². The maximum atomic E-state index is 11.2. The Labute approximate surface area is 150 Å². The largest absolute Gasteiger partial charge is 0.478 e. The minimum absolute atomic E-state index is 0.162. The molecular weight excluding hydrogens is 336 g/mol. The zero-order chi connectivity index (χ0) is 18.4. The molecule has 0 saturated heterocycles. The summed E-state index contributed by atoms with van der Waals surface area (Å²) in [6.07, 6.45) is 4.94. The monoisotopic (exact) mass is 356 g/mol. The highest BCUT2D eigenvalue weighted by molar-refractivity contribution is 6.07. The fourth-order valence-corrected chi connectivity index (χ4v) is 2.59. The van der Waals surface area contributed by atoms with Crippen LogP contribution in [0.3, 0.4) is 0 Å². The molecule has 0 aliphatic heterocycles. The molecule has 8 heteroatoms. The highest BCUT2D eigenvalue weighted by Gasteiger charge is 2.13. The number of unbranched alkanes of at least 4 members (excludes halogenated alkanes) is 1. The van der Waals surface area contributed by atoms with Gasteiger partial charge in [-0.3, -0.25) is 0 Å². The van der Waals surface area contributed by atoms with Crippen molar-refractivity contribution >= 4 is 27.8 Å². The summed E-state index contributed by atoms with van der Waals surface area (Å²) in [5, 5.41) is 10.7. The number of fused-ring (bicyclic) bond motifs is 3. The van der Waals surface area contributed by atoms with E-state index >= 15 is 0 Å². The number of hydrogen-bond donors (Lipinski definition) is 2. The Hall–Kier alpha value is -2.84. The first-order valence-electron chi connectivity index (χ1n) is 8.38. The highest BCUT2D eigenvalue weighted by Crippen LogP contribution is 2.29. The van der Waals surface area contributed by atoms with Crippen LogP contribution >= 0.6 is 0 Å². The van der Waals surface area contributed by atoms with E-state index in [4.69, 9.17) is 15.2 Å². The third-order valence-corrected chi connectivity index (χ3v) is 3.88. The van der Waals surface area contributed by atoms with Gasteiger partial charge in [-0.1, -0.05) is 6.07 Å². The summed E-state index contributed by atoms with van der Waals surface area (Å²) in [5.74, 6) is -0.672. The molecular formula is C18H20N4O4. The van der Waals surface area contributed by atoms with Crippen LogP contribution in [0.4, 0.5) is 0 Å². The second-order valence-corrected chi connectivity index (χ2v) is 5.70. The molecule has 0 fully saturated rings. The van der Waals surface area contributed by atoms with Gasteiger partial charge in [-0.05, 0) is 31.5 Å². The normalized spacial score (nSPS) is 11.1. The topological polar surface area (TPSA) is 120 Å². The quantitative estimate of drug-likeness (QED) is 0.441. The summed E-state index contributed by atoms with van der Waals surface area (Å²) in [7, 11) is 0. The lowest BCUT2D eigenvalue weighted by Crippen LogP contribution is -2.10. The Morgan fingerprint density at radius 3 is 2.85 bits per heavy atom. The molecule has 0 spiro atoms. The first-order chi connectivity index (χ1) is 12.7. The Kier molecular flexibility index (Phi) is 5.88. The van der Waals surface area contributed by atoms with Crippen molar-refractivity contribution in [2.24, 2.45) is 5.73 Å². The summed E-state index contributed by atoms with van der Waals surface area (Å²) < 4.78 is 11.2. The number of carboxylic acids is 1. The molecule has 0 atom stereocenters. The van der Waals surface area contributed by atoms with Crippen molar-refractivity contribution in [1.82, 2.24) is 15.0 Å². The van der Waals surface area contributed by atoms with E-state index in [-0.39, 0.29) is 5.56 Å². The van der Waals surface area contributed by atoms with Gasteiger partial charge in [0.2, 0.25) is 5.88 Å². The molecule has 1 aromatic carbocycles. The van der Waals surface area contributed by atoms with Crippen LogP contribution in [0.2, 0.25) is 0 Å². The van der Waals surface area contributed by atoms with Gasteiger partial charge in [-0.2, -0.15) is 0 Å². The predicted octanol–water partition coefficient (Wildman–Crippen LogP) is 2.01. The molecule has 8 nitrogen and oxygen atoms in total. The van der Waals surface area contributed by atoms with Crippen molar-refractivity contribution in [2.75, 3.05) is 26.4 Å². The lowest BCUT2D eigenvalue weighted by atomic mass is 10.1. The van der Waals surface area contributed by atoms with Crippen LogP contribution < -0.4 is 10.5 Å². The minimum Gasteiger partial charge on any atom is -0.478 e. The Bertz CT molecular complexity index is 916. The number of ether oxygens (including phenoxy) is 2. The number of carbonyl (C=O) groups is 1. The number of pyridine rings is 1. The number of nitrogens with zero attached hydrogens (tertiary/aromatic N) is 3. The summed E-state index contributed by atoms with van der Waals surface area (Å²) >= 11 is 0. The van der Waals surface area contributed by atoms with Crippen LogP contribution in [-0.2, 0) is 4.74 Å². The van der Waals surface area contributed by atoms with Crippen molar-refractivity contribution in [1.29, 1.82) is 0 Å². The van der Waals surface area contributed by atoms with Crippen LogP contribution in [0.1, 0.15) is 23.2 Å². The number of hydrogen-bond acceptors (Lipinski definition) is 7. The summed E-state index contributed by atoms with van der Waals surface area (Å²) in [4.78, 5) is 24.0. The second kappa shape index (κ2) is 8.50. The van der Waals surface area contributed by atoms with Gasteiger partial charge in [0.1, 0.15) is 18.5 Å². The average Bonchev–Trinajstić information content (AvgIpc) is 2.66. The lowest BCUT2D eigenvalue weighted by molar-refractivity contribution is 0.0697. The average molecular weight is 356 g/mol. The van der Waals surface area contributed by atoms with E-state index in [1.165, 1.54) is 18.5 Å². The van der Waals surface area contributed by atoms with Crippen molar-refractivity contribution in [3.8, 4) is 5.88 Å². The highest BCUT2D eigenvalue weighted by atomic mass is 16.5. The van der Waals surface area contributed by atoms with Gasteiger partial charge >= 0.3 is 5.97 Å². The van der Waals surface area contributed by atoms with E-state index in [0.29, 0.717) is 43.3 Å². The molecule has 0 aliphatic carbocycles. The van der Waals surface area contributed by atoms with Gasteiger partial charge in [0.15, 0.2) is 0 Å². The second-order valence-electron chi connectivity index (χ2n) is 5.70. The van der Waals surface area contributed by atoms with E-state index in [2.05, 4.69) is 15.0 Å². The molecule has 3 rings (SSSR count). The van der Waals surface area contributed by atoms with Crippen molar-refractivity contribution < 1.29 is 19.4 Å². The van der Waals surface area contributed by atoms with Gasteiger partial charge in [0, 0.05) is 23.6 Å². The molecule has 0 aliphatic rings. The summed E-state index contributed by atoms with van der Waals surface area (Å²) in [6.45, 7) is 2.03. The molecule has 3 N–H and O–H groups in total. The Morgan fingerprint density at radius 1 is 1.15 bits per heavy atom. The molecule has 0 amide bonds. The van der Waals surface area contributed by atoms with Crippen molar-refractivity contribution in [3.05, 3.63) is 36.3 Å². The molecule has 0 bridgehead atoms. The molecule has 0 unspecified atom stereocenters. The summed E-state index contributed by atoms with van der Waals surface area (Å²) in [6, 6.07) is 4.76. The fraction of sp³-hybridized carbons (Fsp3) is 0.333. The van der Waals surface area contributed by atoms with E-state index < -0.39 is 5.97 Å². The third kappa shape index (κ3) is 4.04. The third-order valence-electron chi connectivity index (χ3n) is 3.88. The zero-order valence-corrected chi connectivity index (χ0v) is 14.2. The molecule has 26 heavy (non-hydrogen) atoms. The summed E-state index contributed by atoms with van der Waals surface area (Å²) in [5.41, 5.74) is 6.70. The van der Waals surface area contributed by atoms with Gasteiger partial charge in [-0.15, -0.1) is 0 Å². The number of carboxylic acid groups (broad SMARTS) is 1. The number of nitrogens with two attached hydrogens (primary N) is 1. The molecule has 136 valence electrons. The Morgan fingerprint density at radius 2 is 2.04 bits per heavy atom. The van der Waals surface area contributed by atoms with Gasteiger partial charge in [-0.25, -0.2) is 19.7 Å². The predicted molar refractivity (Wildman–Crippen MR) is 96.4 cm³/mol. The lowest BCUT2D eigenvalue weighted by Gasteiger charge is -2.10. The van der Waals surface area contributed by atoms with E-state index in [1.807, 2.05) is 0 Å². The minimum atomic E-state index is -1.01. The van der Waals surface area contributed by atoms with E-state index in [9.17, 15) is 9.90 Å². The SMILES string of the molecule is NCCCCOCCOc1nc2cc(C(=O)O)ccc2c2cncnc12. The Balaban J connectivity index is 1.82. The molecule has 3 aromatic rings. The van der Waals surface area contributed by atoms with E-state index in [0.717, 1.165) is 23.6 Å². The van der Waals surface area contributed by atoms with Crippen LogP contribution in [0.5, 0.6) is 5.88 Å². The molecule has 0 radical (unpaired) electrons. The van der Waals surface area contributed by atoms with Crippen LogP contribution in [0.15, 0.2) is 30.7 Å². The van der Waals surface area contributed by atoms with Crippen LogP contribution in [-0.4, -0.2) is 52.4 Å². The first-order valence-corrected chi connectivity index (χ1v) is 8.38. The number of aromatic nitrogens is 3. The van der Waals surface area contributed by atoms with E-state index in [1.54, 1.807) is 12.3 Å². The van der Waals surface area contributed by atoms with Gasteiger partial charge in [0.05, 0.1) is 17.7 Å². The van der Waals surface area contributed by atoms with Gasteiger partial charge < -0.3 is 20.3 Å². The first kappa shape index (κ1) is 18.0. The molecule has 2 aromatic heterocycles. The van der Waals surface area contributed by atoms with Crippen molar-refractivity contribution in [3.63, 3.8) is 0 Å².